The van der Waals surface area contributed by atoms with E-state index in [2.05, 4.69) is 0 Å². The van der Waals surface area contributed by atoms with Crippen LogP contribution in [0.5, 0.6) is 0 Å². The lowest BCUT2D eigenvalue weighted by molar-refractivity contribution is -0.0235. The fraction of sp³-hybridized carbons (Fsp3) is 0.167. The van der Waals surface area contributed by atoms with E-state index in [1.54, 1.807) is 6.07 Å². The van der Waals surface area contributed by atoms with E-state index >= 15 is 0 Å². The number of alkyl halides is 2. The smallest absolute Gasteiger partial charge is 0.293 e. The summed E-state index contributed by atoms with van der Waals surface area (Å²) in [6, 6.07) is 7.09. The summed E-state index contributed by atoms with van der Waals surface area (Å²) in [7, 11) is 0. The van der Waals surface area contributed by atoms with Gasteiger partial charge in [0.05, 0.1) is 6.54 Å². The number of aromatic amines is 1. The Labute approximate surface area is 111 Å². The van der Waals surface area contributed by atoms with Crippen LogP contribution in [0.1, 0.15) is 5.56 Å². The summed E-state index contributed by atoms with van der Waals surface area (Å²) in [5.74, 6) is -3.24. The second-order valence-corrected chi connectivity index (χ2v) is 4.34. The molecule has 0 aliphatic carbocycles. The first kappa shape index (κ1) is 13.5. The van der Waals surface area contributed by atoms with Crippen LogP contribution in [0.25, 0.3) is 0 Å². The minimum absolute atomic E-state index is 0.218. The summed E-state index contributed by atoms with van der Waals surface area (Å²) in [4.78, 5) is 24.3. The molecule has 0 atom stereocenters. The van der Waals surface area contributed by atoms with Crippen LogP contribution in [0.3, 0.4) is 0 Å². The lowest BCUT2D eigenvalue weighted by atomic mass is 10.1. The summed E-state index contributed by atoms with van der Waals surface area (Å²) >= 11 is 5.51. The number of nitrogens with one attached hydrogen (secondary N) is 1. The molecule has 0 bridgehead atoms. The molecule has 0 radical (unpaired) electrons. The van der Waals surface area contributed by atoms with Crippen molar-refractivity contribution < 1.29 is 8.78 Å². The van der Waals surface area contributed by atoms with E-state index in [0.29, 0.717) is 4.57 Å². The second-order valence-electron chi connectivity index (χ2n) is 3.93. The molecule has 0 aliphatic rings. The first-order valence-electron chi connectivity index (χ1n) is 5.33. The van der Waals surface area contributed by atoms with Crippen molar-refractivity contribution in [2.75, 3.05) is 0 Å². The van der Waals surface area contributed by atoms with Crippen LogP contribution < -0.4 is 11.2 Å². The van der Waals surface area contributed by atoms with Crippen LogP contribution in [-0.2, 0) is 12.5 Å². The number of hydrogen-bond acceptors (Lipinski definition) is 2. The molecule has 0 fully saturated rings. The van der Waals surface area contributed by atoms with Gasteiger partial charge in [-0.15, -0.1) is 0 Å². The first-order valence-corrected chi connectivity index (χ1v) is 5.70. The maximum absolute atomic E-state index is 14.0. The average molecular weight is 287 g/mol. The van der Waals surface area contributed by atoms with E-state index in [1.165, 1.54) is 24.3 Å². The van der Waals surface area contributed by atoms with Crippen LogP contribution in [0.15, 0.2) is 46.1 Å². The van der Waals surface area contributed by atoms with Crippen molar-refractivity contribution in [2.45, 2.75) is 12.5 Å². The third-order valence-corrected chi connectivity index (χ3v) is 2.80. The maximum atomic E-state index is 14.0. The Kier molecular flexibility index (Phi) is 3.53. The van der Waals surface area contributed by atoms with Crippen molar-refractivity contribution in [3.05, 3.63) is 68.0 Å². The van der Waals surface area contributed by atoms with E-state index in [0.717, 1.165) is 6.20 Å². The quantitative estimate of drug-likeness (QED) is 0.938. The number of halogens is 3. The van der Waals surface area contributed by atoms with E-state index < -0.39 is 23.7 Å². The van der Waals surface area contributed by atoms with Crippen molar-refractivity contribution >= 4 is 11.6 Å². The molecular formula is C12H9ClF2N2O2. The van der Waals surface area contributed by atoms with Crippen molar-refractivity contribution in [3.63, 3.8) is 0 Å². The largest absolute Gasteiger partial charge is 0.328 e. The van der Waals surface area contributed by atoms with Gasteiger partial charge in [-0.1, -0.05) is 41.9 Å². The minimum atomic E-state index is -3.24. The standard InChI is InChI=1S/C12H9ClF2N2O2/c13-9-6-17(11(19)16-10(9)18)7-12(14,15)8-4-2-1-3-5-8/h1-6H,7H2,(H,16,18,19). The van der Waals surface area contributed by atoms with Crippen molar-refractivity contribution in [1.82, 2.24) is 9.55 Å². The zero-order valence-corrected chi connectivity index (χ0v) is 10.3. The molecule has 100 valence electrons. The monoisotopic (exact) mass is 286 g/mol. The number of H-pyrrole nitrogens is 1. The topological polar surface area (TPSA) is 54.9 Å². The van der Waals surface area contributed by atoms with Gasteiger partial charge in [0.1, 0.15) is 5.02 Å². The highest BCUT2D eigenvalue weighted by Gasteiger charge is 2.32. The average Bonchev–Trinajstić information content (AvgIpc) is 2.37. The minimum Gasteiger partial charge on any atom is -0.293 e. The van der Waals surface area contributed by atoms with Crippen molar-refractivity contribution in [2.24, 2.45) is 0 Å². The molecule has 0 aliphatic heterocycles. The van der Waals surface area contributed by atoms with Gasteiger partial charge in [0.15, 0.2) is 0 Å². The van der Waals surface area contributed by atoms with Crippen LogP contribution in [0.2, 0.25) is 5.02 Å². The fourth-order valence-electron chi connectivity index (χ4n) is 1.59. The SMILES string of the molecule is O=c1[nH]c(=O)n(CC(F)(F)c2ccccc2)cc1Cl. The highest BCUT2D eigenvalue weighted by atomic mass is 35.5. The van der Waals surface area contributed by atoms with Gasteiger partial charge >= 0.3 is 5.69 Å². The predicted octanol–water partition coefficient (Wildman–Crippen LogP) is 1.98. The van der Waals surface area contributed by atoms with Gasteiger partial charge in [-0.05, 0) is 0 Å². The molecule has 0 spiro atoms. The first-order chi connectivity index (χ1) is 8.90. The predicted molar refractivity (Wildman–Crippen MR) is 66.7 cm³/mol. The summed E-state index contributed by atoms with van der Waals surface area (Å²) in [6.07, 6.45) is 0.902. The molecule has 0 saturated heterocycles. The van der Waals surface area contributed by atoms with Crippen molar-refractivity contribution in [3.8, 4) is 0 Å². The Hall–Kier alpha value is -1.95. The Morgan fingerprint density at radius 3 is 2.47 bits per heavy atom. The fourth-order valence-corrected chi connectivity index (χ4v) is 1.75. The van der Waals surface area contributed by atoms with Gasteiger partial charge < -0.3 is 0 Å². The second kappa shape index (κ2) is 4.97. The van der Waals surface area contributed by atoms with Crippen LogP contribution >= 0.6 is 11.6 Å². The highest BCUT2D eigenvalue weighted by molar-refractivity contribution is 6.30. The lowest BCUT2D eigenvalue weighted by Crippen LogP contribution is -2.34. The van der Waals surface area contributed by atoms with E-state index in [9.17, 15) is 18.4 Å². The van der Waals surface area contributed by atoms with Gasteiger partial charge in [-0.25, -0.2) is 4.79 Å². The van der Waals surface area contributed by atoms with E-state index in [-0.39, 0.29) is 10.6 Å². The van der Waals surface area contributed by atoms with Crippen molar-refractivity contribution in [1.29, 1.82) is 0 Å². The molecule has 2 rings (SSSR count). The van der Waals surface area contributed by atoms with E-state index in [1.807, 2.05) is 4.98 Å². The third kappa shape index (κ3) is 2.90. The summed E-state index contributed by atoms with van der Waals surface area (Å²) in [5, 5.41) is -0.316. The molecule has 2 aromatic rings. The Balaban J connectivity index is 2.39. The molecular weight excluding hydrogens is 278 g/mol. The van der Waals surface area contributed by atoms with Crippen LogP contribution in [0, 0.1) is 0 Å². The van der Waals surface area contributed by atoms with Gasteiger partial charge in [0.25, 0.3) is 11.5 Å². The van der Waals surface area contributed by atoms with Crippen LogP contribution in [-0.4, -0.2) is 9.55 Å². The normalized spacial score (nSPS) is 11.5. The number of hydrogen-bond donors (Lipinski definition) is 1. The Morgan fingerprint density at radius 2 is 1.84 bits per heavy atom. The number of nitrogens with zero attached hydrogens (tertiary/aromatic N) is 1. The van der Waals surface area contributed by atoms with Gasteiger partial charge in [-0.2, -0.15) is 8.78 Å². The van der Waals surface area contributed by atoms with E-state index in [4.69, 9.17) is 11.6 Å². The molecule has 1 N–H and O–H groups in total. The zero-order chi connectivity index (χ0) is 14.0. The molecule has 0 amide bonds. The lowest BCUT2D eigenvalue weighted by Gasteiger charge is -2.17. The Bertz CT molecular complexity index is 695. The molecule has 0 saturated carbocycles. The number of rotatable bonds is 3. The van der Waals surface area contributed by atoms with Gasteiger partial charge in [0.2, 0.25) is 0 Å². The summed E-state index contributed by atoms with van der Waals surface area (Å²) < 4.78 is 28.6. The molecule has 4 nitrogen and oxygen atoms in total. The van der Waals surface area contributed by atoms with Crippen LogP contribution in [0.4, 0.5) is 8.78 Å². The molecule has 7 heteroatoms. The van der Waals surface area contributed by atoms with Gasteiger partial charge in [0, 0.05) is 11.8 Å². The summed E-state index contributed by atoms with van der Waals surface area (Å²) in [5.41, 5.74) is -1.94. The molecule has 19 heavy (non-hydrogen) atoms. The molecule has 1 aromatic heterocycles. The maximum Gasteiger partial charge on any atom is 0.328 e. The van der Waals surface area contributed by atoms with Gasteiger partial charge in [-0.3, -0.25) is 14.3 Å². The highest BCUT2D eigenvalue weighted by Crippen LogP contribution is 2.29. The zero-order valence-electron chi connectivity index (χ0n) is 9.57. The summed E-state index contributed by atoms with van der Waals surface area (Å²) in [6.45, 7) is -0.896. The third-order valence-electron chi connectivity index (χ3n) is 2.53. The molecule has 1 heterocycles. The number of benzene rings is 1. The number of aromatic nitrogens is 2. The molecule has 0 unspecified atom stereocenters. The molecule has 1 aromatic carbocycles. The Morgan fingerprint density at radius 1 is 1.21 bits per heavy atom.